The fourth-order valence-corrected chi connectivity index (χ4v) is 1.20. The zero-order chi connectivity index (χ0) is 9.84. The van der Waals surface area contributed by atoms with Gasteiger partial charge in [-0.15, -0.1) is 0 Å². The summed E-state index contributed by atoms with van der Waals surface area (Å²) in [6.45, 7) is 5.95. The lowest BCUT2D eigenvalue weighted by Gasteiger charge is -2.16. The van der Waals surface area contributed by atoms with Gasteiger partial charge in [0.05, 0.1) is 0 Å². The Morgan fingerprint density at radius 3 is 2.15 bits per heavy atom. The number of aryl methyl sites for hydroxylation is 2. The van der Waals surface area contributed by atoms with Crippen LogP contribution in [0.5, 0.6) is 5.75 Å². The van der Waals surface area contributed by atoms with Crippen LogP contribution in [-0.2, 0) is 4.74 Å². The molecule has 2 nitrogen and oxygen atoms in total. The molecule has 72 valence electrons. The van der Waals surface area contributed by atoms with E-state index in [9.17, 15) is 0 Å². The first-order valence-electron chi connectivity index (χ1n) is 4.41. The van der Waals surface area contributed by atoms with Crippen molar-refractivity contribution in [3.63, 3.8) is 0 Å². The third-order valence-electron chi connectivity index (χ3n) is 2.02. The average Bonchev–Trinajstić information content (AvgIpc) is 2.11. The number of methoxy groups -OCH3 is 1. The Balaban J connectivity index is 2.87. The van der Waals surface area contributed by atoms with Crippen LogP contribution >= 0.6 is 0 Å². The number of benzene rings is 1. The number of para-hydroxylation sites is 1. The van der Waals surface area contributed by atoms with Crippen molar-refractivity contribution >= 4 is 0 Å². The Kier molecular flexibility index (Phi) is 3.32. The maximum absolute atomic E-state index is 5.60. The van der Waals surface area contributed by atoms with Crippen LogP contribution in [0.15, 0.2) is 18.2 Å². The molecule has 0 saturated carbocycles. The summed E-state index contributed by atoms with van der Waals surface area (Å²) in [4.78, 5) is 0. The van der Waals surface area contributed by atoms with Crippen molar-refractivity contribution in [3.8, 4) is 5.75 Å². The van der Waals surface area contributed by atoms with Crippen molar-refractivity contribution in [2.24, 2.45) is 0 Å². The van der Waals surface area contributed by atoms with Gasteiger partial charge >= 0.3 is 0 Å². The van der Waals surface area contributed by atoms with Crippen LogP contribution in [0, 0.1) is 13.8 Å². The Hall–Kier alpha value is -1.02. The van der Waals surface area contributed by atoms with E-state index in [0.29, 0.717) is 0 Å². The molecular formula is C11H16O2. The zero-order valence-electron chi connectivity index (χ0n) is 8.63. The minimum atomic E-state index is -0.195. The fourth-order valence-electron chi connectivity index (χ4n) is 1.20. The second-order valence-electron chi connectivity index (χ2n) is 3.14. The fraction of sp³-hybridized carbons (Fsp3) is 0.455. The minimum absolute atomic E-state index is 0.195. The summed E-state index contributed by atoms with van der Waals surface area (Å²) in [5, 5.41) is 0. The molecule has 0 aromatic heterocycles. The van der Waals surface area contributed by atoms with Crippen LogP contribution in [-0.4, -0.2) is 13.4 Å². The highest BCUT2D eigenvalue weighted by Crippen LogP contribution is 2.23. The topological polar surface area (TPSA) is 18.5 Å². The molecule has 1 aromatic rings. The summed E-state index contributed by atoms with van der Waals surface area (Å²) in [5.41, 5.74) is 2.28. The van der Waals surface area contributed by atoms with Crippen LogP contribution in [0.3, 0.4) is 0 Å². The van der Waals surface area contributed by atoms with E-state index in [-0.39, 0.29) is 6.29 Å². The van der Waals surface area contributed by atoms with E-state index in [1.807, 2.05) is 39.0 Å². The standard InChI is InChI=1S/C11H16O2/c1-8-6-5-7-9(2)11(8)13-10(3)12-4/h5-7,10H,1-4H3. The van der Waals surface area contributed by atoms with Gasteiger partial charge in [-0.3, -0.25) is 0 Å². The molecular weight excluding hydrogens is 164 g/mol. The van der Waals surface area contributed by atoms with Gasteiger partial charge < -0.3 is 9.47 Å². The second-order valence-corrected chi connectivity index (χ2v) is 3.14. The third kappa shape index (κ3) is 2.46. The maximum atomic E-state index is 5.60. The molecule has 0 aliphatic rings. The molecule has 1 atom stereocenters. The summed E-state index contributed by atoms with van der Waals surface area (Å²) >= 11 is 0. The van der Waals surface area contributed by atoms with Crippen molar-refractivity contribution in [2.75, 3.05) is 7.11 Å². The third-order valence-corrected chi connectivity index (χ3v) is 2.02. The lowest BCUT2D eigenvalue weighted by Crippen LogP contribution is -2.14. The number of ether oxygens (including phenoxy) is 2. The first-order chi connectivity index (χ1) is 6.15. The van der Waals surface area contributed by atoms with Crippen molar-refractivity contribution in [3.05, 3.63) is 29.3 Å². The van der Waals surface area contributed by atoms with E-state index in [4.69, 9.17) is 9.47 Å². The Bertz CT molecular complexity index is 261. The molecule has 13 heavy (non-hydrogen) atoms. The average molecular weight is 180 g/mol. The van der Waals surface area contributed by atoms with Gasteiger partial charge in [0, 0.05) is 7.11 Å². The summed E-state index contributed by atoms with van der Waals surface area (Å²) in [7, 11) is 1.64. The number of hydrogen-bond acceptors (Lipinski definition) is 2. The van der Waals surface area contributed by atoms with Crippen molar-refractivity contribution < 1.29 is 9.47 Å². The lowest BCUT2D eigenvalue weighted by molar-refractivity contribution is -0.0390. The normalized spacial score (nSPS) is 12.6. The second kappa shape index (κ2) is 4.28. The van der Waals surface area contributed by atoms with Gasteiger partial charge in [0.25, 0.3) is 0 Å². The minimum Gasteiger partial charge on any atom is -0.465 e. The summed E-state index contributed by atoms with van der Waals surface area (Å²) < 4.78 is 10.6. The van der Waals surface area contributed by atoms with Gasteiger partial charge in [0.15, 0.2) is 6.29 Å². The van der Waals surface area contributed by atoms with Crippen LogP contribution < -0.4 is 4.74 Å². The van der Waals surface area contributed by atoms with Gasteiger partial charge in [-0.25, -0.2) is 0 Å². The molecule has 0 aliphatic heterocycles. The first-order valence-corrected chi connectivity index (χ1v) is 4.41. The van der Waals surface area contributed by atoms with Crippen LogP contribution in [0.1, 0.15) is 18.1 Å². The zero-order valence-corrected chi connectivity index (χ0v) is 8.63. The van der Waals surface area contributed by atoms with Gasteiger partial charge in [-0.05, 0) is 31.9 Å². The van der Waals surface area contributed by atoms with Gasteiger partial charge in [-0.1, -0.05) is 18.2 Å². The molecule has 0 N–H and O–H groups in total. The van der Waals surface area contributed by atoms with Crippen LogP contribution in [0.4, 0.5) is 0 Å². The molecule has 1 unspecified atom stereocenters. The molecule has 2 heteroatoms. The molecule has 0 heterocycles. The quantitative estimate of drug-likeness (QED) is 0.666. The Morgan fingerprint density at radius 2 is 1.69 bits per heavy atom. The molecule has 1 aromatic carbocycles. The summed E-state index contributed by atoms with van der Waals surface area (Å²) in [6, 6.07) is 6.09. The van der Waals surface area contributed by atoms with E-state index < -0.39 is 0 Å². The number of hydrogen-bond donors (Lipinski definition) is 0. The van der Waals surface area contributed by atoms with E-state index in [0.717, 1.165) is 16.9 Å². The molecule has 0 radical (unpaired) electrons. The Morgan fingerprint density at radius 1 is 1.15 bits per heavy atom. The lowest BCUT2D eigenvalue weighted by atomic mass is 10.1. The molecule has 0 saturated heterocycles. The molecule has 0 bridgehead atoms. The highest BCUT2D eigenvalue weighted by atomic mass is 16.7. The summed E-state index contributed by atoms with van der Waals surface area (Å²) in [6.07, 6.45) is -0.195. The number of rotatable bonds is 3. The summed E-state index contributed by atoms with van der Waals surface area (Å²) in [5.74, 6) is 0.928. The maximum Gasteiger partial charge on any atom is 0.196 e. The van der Waals surface area contributed by atoms with Crippen molar-refractivity contribution in [1.82, 2.24) is 0 Å². The molecule has 0 amide bonds. The molecule has 0 spiro atoms. The van der Waals surface area contributed by atoms with Crippen molar-refractivity contribution in [1.29, 1.82) is 0 Å². The van der Waals surface area contributed by atoms with E-state index in [1.54, 1.807) is 7.11 Å². The largest absolute Gasteiger partial charge is 0.465 e. The van der Waals surface area contributed by atoms with Crippen LogP contribution in [0.2, 0.25) is 0 Å². The molecule has 0 aliphatic carbocycles. The predicted molar refractivity (Wildman–Crippen MR) is 53.0 cm³/mol. The van der Waals surface area contributed by atoms with E-state index >= 15 is 0 Å². The van der Waals surface area contributed by atoms with Gasteiger partial charge in [0.2, 0.25) is 0 Å². The SMILES string of the molecule is COC(C)Oc1c(C)cccc1C. The van der Waals surface area contributed by atoms with Gasteiger partial charge in [0.1, 0.15) is 5.75 Å². The molecule has 0 fully saturated rings. The Labute approximate surface area is 79.5 Å². The monoisotopic (exact) mass is 180 g/mol. The molecule has 1 rings (SSSR count). The van der Waals surface area contributed by atoms with Crippen LogP contribution in [0.25, 0.3) is 0 Å². The smallest absolute Gasteiger partial charge is 0.196 e. The van der Waals surface area contributed by atoms with Gasteiger partial charge in [-0.2, -0.15) is 0 Å². The highest BCUT2D eigenvalue weighted by molar-refractivity contribution is 5.39. The predicted octanol–water partition coefficient (Wildman–Crippen LogP) is 2.67. The first kappa shape index (κ1) is 10.1. The van der Waals surface area contributed by atoms with E-state index in [2.05, 4.69) is 0 Å². The van der Waals surface area contributed by atoms with E-state index in [1.165, 1.54) is 0 Å². The van der Waals surface area contributed by atoms with Crippen molar-refractivity contribution in [2.45, 2.75) is 27.1 Å². The highest BCUT2D eigenvalue weighted by Gasteiger charge is 2.06.